The molecule has 0 radical (unpaired) electrons. The quantitative estimate of drug-likeness (QED) is 0.625. The maximum atomic E-state index is 12.1. The van der Waals surface area contributed by atoms with Crippen molar-refractivity contribution in [3.05, 3.63) is 65.2 Å². The Labute approximate surface area is 157 Å². The lowest BCUT2D eigenvalue weighted by Crippen LogP contribution is -2.25. The fraction of sp³-hybridized carbons (Fsp3) is 0.250. The number of amides is 1. The van der Waals surface area contributed by atoms with Gasteiger partial charge in [-0.15, -0.1) is 5.10 Å². The molecule has 6 heteroatoms. The Bertz CT molecular complexity index is 844. The lowest BCUT2D eigenvalue weighted by molar-refractivity contribution is -0.118. The molecule has 3 rings (SSSR count). The number of phenols is 1. The van der Waals surface area contributed by atoms with Crippen LogP contribution in [0.5, 0.6) is 5.75 Å². The largest absolute Gasteiger partial charge is 0.507 e. The molecule has 0 aromatic heterocycles. The average Bonchev–Trinajstić information content (AvgIpc) is 2.96. The average molecular weight is 367 g/mol. The van der Waals surface area contributed by atoms with E-state index >= 15 is 0 Å². The number of hydrogen-bond donors (Lipinski definition) is 2. The number of rotatable bonds is 5. The summed E-state index contributed by atoms with van der Waals surface area (Å²) >= 11 is 1.38. The van der Waals surface area contributed by atoms with E-state index in [-0.39, 0.29) is 16.9 Å². The van der Waals surface area contributed by atoms with Gasteiger partial charge in [0.2, 0.25) is 5.91 Å². The van der Waals surface area contributed by atoms with Crippen LogP contribution in [0.15, 0.2) is 58.7 Å². The Morgan fingerprint density at radius 1 is 1.19 bits per heavy atom. The van der Waals surface area contributed by atoms with E-state index < -0.39 is 0 Å². The number of benzene rings is 2. The van der Waals surface area contributed by atoms with E-state index in [1.807, 2.05) is 0 Å². The molecule has 0 spiro atoms. The summed E-state index contributed by atoms with van der Waals surface area (Å²) in [5.41, 5.74) is 2.99. The van der Waals surface area contributed by atoms with E-state index in [4.69, 9.17) is 0 Å². The third-order valence-electron chi connectivity index (χ3n) is 4.13. The fourth-order valence-electron chi connectivity index (χ4n) is 2.58. The number of carbonyl (C=O) groups is 1. The Balaban J connectivity index is 1.62. The Morgan fingerprint density at radius 2 is 1.92 bits per heavy atom. The number of nitrogens with one attached hydrogen (secondary N) is 1. The number of hydrogen-bond acceptors (Lipinski definition) is 5. The van der Waals surface area contributed by atoms with Crippen LogP contribution in [0, 0.1) is 0 Å². The van der Waals surface area contributed by atoms with Crippen molar-refractivity contribution in [3.63, 3.8) is 0 Å². The van der Waals surface area contributed by atoms with Crippen molar-refractivity contribution in [2.24, 2.45) is 10.2 Å². The van der Waals surface area contributed by atoms with Gasteiger partial charge in [0.05, 0.1) is 11.5 Å². The molecule has 1 fully saturated rings. The van der Waals surface area contributed by atoms with Gasteiger partial charge in [-0.25, -0.2) is 0 Å². The molecule has 1 atom stereocenters. The van der Waals surface area contributed by atoms with Crippen LogP contribution in [0.25, 0.3) is 0 Å². The van der Waals surface area contributed by atoms with E-state index in [1.165, 1.54) is 23.5 Å². The van der Waals surface area contributed by atoms with Crippen molar-refractivity contribution in [1.29, 1.82) is 0 Å². The van der Waals surface area contributed by atoms with E-state index in [0.717, 1.165) is 5.56 Å². The predicted molar refractivity (Wildman–Crippen MR) is 107 cm³/mol. The molecule has 0 unspecified atom stereocenters. The lowest BCUT2D eigenvalue weighted by Gasteiger charge is -2.08. The minimum Gasteiger partial charge on any atom is -0.507 e. The minimum atomic E-state index is -0.209. The summed E-state index contributed by atoms with van der Waals surface area (Å²) in [6.45, 7) is 4.32. The number of thioether (sulfide) groups is 1. The number of amidine groups is 1. The van der Waals surface area contributed by atoms with Crippen molar-refractivity contribution < 1.29 is 9.90 Å². The molecule has 0 bridgehead atoms. The standard InChI is InChI=1S/C20H21N3O2S/c1-13(2)15-9-7-14(8-10-15)11-18-19(25)22-20(26-18)23-21-12-16-5-3-4-6-17(16)24/h3-10,12-13,18,24H,11H2,1-2H3,(H,22,23,25)/b21-12-/t18-/m1/s1. The number of para-hydroxylation sites is 1. The highest BCUT2D eigenvalue weighted by Gasteiger charge is 2.30. The minimum absolute atomic E-state index is 0.0561. The highest BCUT2D eigenvalue weighted by atomic mass is 32.2. The Kier molecular flexibility index (Phi) is 5.73. The highest BCUT2D eigenvalue weighted by molar-refractivity contribution is 8.15. The van der Waals surface area contributed by atoms with Gasteiger partial charge < -0.3 is 10.4 Å². The first-order chi connectivity index (χ1) is 12.5. The molecule has 2 N–H and O–H groups in total. The normalized spacial score (nSPS) is 18.8. The maximum Gasteiger partial charge on any atom is 0.239 e. The van der Waals surface area contributed by atoms with Gasteiger partial charge in [-0.1, -0.05) is 62.0 Å². The summed E-state index contributed by atoms with van der Waals surface area (Å²) in [4.78, 5) is 12.1. The second kappa shape index (κ2) is 8.19. The van der Waals surface area contributed by atoms with Gasteiger partial charge in [-0.05, 0) is 35.6 Å². The molecule has 1 amide bonds. The molecule has 2 aromatic rings. The summed E-state index contributed by atoms with van der Waals surface area (Å²) in [6.07, 6.45) is 2.12. The van der Waals surface area contributed by atoms with E-state index in [0.29, 0.717) is 23.1 Å². The van der Waals surface area contributed by atoms with Gasteiger partial charge in [0, 0.05) is 5.56 Å². The molecule has 0 aliphatic carbocycles. The van der Waals surface area contributed by atoms with Crippen LogP contribution < -0.4 is 5.32 Å². The molecule has 134 valence electrons. The smallest absolute Gasteiger partial charge is 0.239 e. The molecular formula is C20H21N3O2S. The monoisotopic (exact) mass is 367 g/mol. The number of nitrogens with zero attached hydrogens (tertiary/aromatic N) is 2. The number of aromatic hydroxyl groups is 1. The van der Waals surface area contributed by atoms with Crippen LogP contribution >= 0.6 is 11.8 Å². The number of phenolic OH excluding ortho intramolecular Hbond substituents is 1. The zero-order valence-electron chi connectivity index (χ0n) is 14.7. The highest BCUT2D eigenvalue weighted by Crippen LogP contribution is 2.24. The lowest BCUT2D eigenvalue weighted by atomic mass is 10.0. The Hall–Kier alpha value is -2.60. The van der Waals surface area contributed by atoms with Crippen LogP contribution in [0.4, 0.5) is 0 Å². The third-order valence-corrected chi connectivity index (χ3v) is 5.20. The van der Waals surface area contributed by atoms with Gasteiger partial charge in [-0.3, -0.25) is 4.79 Å². The third kappa shape index (κ3) is 4.52. The summed E-state index contributed by atoms with van der Waals surface area (Å²) in [5, 5.41) is 20.7. The van der Waals surface area contributed by atoms with Crippen molar-refractivity contribution in [3.8, 4) is 5.75 Å². The SMILES string of the molecule is CC(C)c1ccc(C[C@H]2S/C(=N/N=C\c3ccccc3O)NC2=O)cc1. The van der Waals surface area contributed by atoms with E-state index in [2.05, 4.69) is 53.6 Å². The van der Waals surface area contributed by atoms with Crippen LogP contribution in [-0.4, -0.2) is 27.6 Å². The maximum absolute atomic E-state index is 12.1. The molecule has 0 saturated carbocycles. The second-order valence-electron chi connectivity index (χ2n) is 6.40. The van der Waals surface area contributed by atoms with Crippen molar-refractivity contribution >= 4 is 29.1 Å². The van der Waals surface area contributed by atoms with Crippen molar-refractivity contribution in [1.82, 2.24) is 5.32 Å². The summed E-state index contributed by atoms with van der Waals surface area (Å²) < 4.78 is 0. The van der Waals surface area contributed by atoms with Crippen molar-refractivity contribution in [2.45, 2.75) is 31.4 Å². The zero-order chi connectivity index (χ0) is 18.5. The molecular weight excluding hydrogens is 346 g/mol. The van der Waals surface area contributed by atoms with E-state index in [9.17, 15) is 9.90 Å². The first kappa shape index (κ1) is 18.2. The van der Waals surface area contributed by atoms with Crippen LogP contribution in [0.1, 0.15) is 36.5 Å². The van der Waals surface area contributed by atoms with E-state index in [1.54, 1.807) is 24.3 Å². The van der Waals surface area contributed by atoms with Crippen LogP contribution in [0.2, 0.25) is 0 Å². The molecule has 2 aromatic carbocycles. The number of carbonyl (C=O) groups excluding carboxylic acids is 1. The summed E-state index contributed by atoms with van der Waals surface area (Å²) in [6, 6.07) is 15.3. The first-order valence-electron chi connectivity index (χ1n) is 8.48. The summed E-state index contributed by atoms with van der Waals surface area (Å²) in [7, 11) is 0. The van der Waals surface area contributed by atoms with Gasteiger partial charge >= 0.3 is 0 Å². The topological polar surface area (TPSA) is 74.1 Å². The van der Waals surface area contributed by atoms with Crippen LogP contribution in [0.3, 0.4) is 0 Å². The van der Waals surface area contributed by atoms with Gasteiger partial charge in [-0.2, -0.15) is 5.10 Å². The summed E-state index contributed by atoms with van der Waals surface area (Å²) in [5.74, 6) is 0.579. The molecule has 1 aliphatic heterocycles. The zero-order valence-corrected chi connectivity index (χ0v) is 15.5. The second-order valence-corrected chi connectivity index (χ2v) is 7.60. The molecule has 5 nitrogen and oxygen atoms in total. The molecule has 1 aliphatic rings. The predicted octanol–water partition coefficient (Wildman–Crippen LogP) is 3.68. The van der Waals surface area contributed by atoms with Gasteiger partial charge in [0.25, 0.3) is 0 Å². The van der Waals surface area contributed by atoms with Gasteiger partial charge in [0.15, 0.2) is 5.17 Å². The van der Waals surface area contributed by atoms with Crippen LogP contribution in [-0.2, 0) is 11.2 Å². The first-order valence-corrected chi connectivity index (χ1v) is 9.36. The van der Waals surface area contributed by atoms with Crippen molar-refractivity contribution in [2.75, 3.05) is 0 Å². The molecule has 1 saturated heterocycles. The fourth-order valence-corrected chi connectivity index (χ4v) is 3.54. The Morgan fingerprint density at radius 3 is 2.62 bits per heavy atom. The van der Waals surface area contributed by atoms with Gasteiger partial charge in [0.1, 0.15) is 5.75 Å². The molecule has 26 heavy (non-hydrogen) atoms. The molecule has 1 heterocycles.